The van der Waals surface area contributed by atoms with Crippen molar-refractivity contribution < 1.29 is 13.9 Å². The van der Waals surface area contributed by atoms with E-state index in [2.05, 4.69) is 37.2 Å². The molecule has 0 aromatic heterocycles. The molecule has 1 heterocycles. The number of rotatable bonds is 4. The number of piperazine rings is 1. The molecular formula is C13H16Br2F2N2O. The largest absolute Gasteiger partial charge is 0.390 e. The van der Waals surface area contributed by atoms with Gasteiger partial charge in [0.15, 0.2) is 0 Å². The van der Waals surface area contributed by atoms with Gasteiger partial charge in [-0.2, -0.15) is 0 Å². The second-order valence-corrected chi connectivity index (χ2v) is 6.49. The van der Waals surface area contributed by atoms with E-state index in [0.29, 0.717) is 31.7 Å². The second kappa shape index (κ2) is 6.79. The fraction of sp³-hybridized carbons (Fsp3) is 0.538. The Balaban J connectivity index is 2.36. The van der Waals surface area contributed by atoms with Crippen molar-refractivity contribution in [3.05, 3.63) is 32.7 Å². The van der Waals surface area contributed by atoms with Crippen LogP contribution in [0.25, 0.3) is 0 Å². The summed E-state index contributed by atoms with van der Waals surface area (Å²) in [5, 5.41) is 12.2. The summed E-state index contributed by atoms with van der Waals surface area (Å²) in [4.78, 5) is 1.72. The van der Waals surface area contributed by atoms with E-state index in [1.807, 2.05) is 0 Å². The Morgan fingerprint density at radius 2 is 1.90 bits per heavy atom. The van der Waals surface area contributed by atoms with Gasteiger partial charge >= 0.3 is 0 Å². The Morgan fingerprint density at radius 1 is 1.25 bits per heavy atom. The molecule has 1 aliphatic rings. The lowest BCUT2D eigenvalue weighted by Gasteiger charge is -2.38. The Kier molecular flexibility index (Phi) is 5.53. The van der Waals surface area contributed by atoms with Gasteiger partial charge in [-0.25, -0.2) is 8.78 Å². The molecule has 1 saturated heterocycles. The highest BCUT2D eigenvalue weighted by molar-refractivity contribution is 9.13. The van der Waals surface area contributed by atoms with Crippen molar-refractivity contribution in [2.75, 3.05) is 32.8 Å². The summed E-state index contributed by atoms with van der Waals surface area (Å²) in [6.45, 7) is 1.27. The lowest BCUT2D eigenvalue weighted by atomic mass is 9.98. The summed E-state index contributed by atoms with van der Waals surface area (Å²) in [6.07, 6.45) is 0. The van der Waals surface area contributed by atoms with E-state index in [4.69, 9.17) is 5.11 Å². The molecule has 1 fully saturated rings. The van der Waals surface area contributed by atoms with Crippen molar-refractivity contribution in [3.8, 4) is 0 Å². The molecule has 3 nitrogen and oxygen atoms in total. The average Bonchev–Trinajstić information content (AvgIpc) is 2.44. The van der Waals surface area contributed by atoms with Gasteiger partial charge in [-0.3, -0.25) is 4.90 Å². The van der Waals surface area contributed by atoms with Gasteiger partial charge in [-0.05, 0) is 49.6 Å². The highest BCUT2D eigenvalue weighted by Crippen LogP contribution is 2.38. The second-order valence-electron chi connectivity index (χ2n) is 4.78. The van der Waals surface area contributed by atoms with Gasteiger partial charge in [0.2, 0.25) is 0 Å². The lowest BCUT2D eigenvalue weighted by molar-refractivity contribution is -0.118. The van der Waals surface area contributed by atoms with Crippen LogP contribution < -0.4 is 5.32 Å². The van der Waals surface area contributed by atoms with Crippen molar-refractivity contribution in [2.24, 2.45) is 0 Å². The molecule has 0 amide bonds. The first-order valence-electron chi connectivity index (χ1n) is 6.34. The third kappa shape index (κ3) is 3.57. The van der Waals surface area contributed by atoms with Crippen LogP contribution in [-0.2, 0) is 0 Å². The maximum absolute atomic E-state index is 14.2. The van der Waals surface area contributed by atoms with Crippen molar-refractivity contribution in [1.29, 1.82) is 0 Å². The van der Waals surface area contributed by atoms with Crippen LogP contribution in [0.3, 0.4) is 0 Å². The lowest BCUT2D eigenvalue weighted by Crippen LogP contribution is -2.51. The van der Waals surface area contributed by atoms with E-state index in [-0.39, 0.29) is 0 Å². The molecule has 7 heteroatoms. The third-order valence-electron chi connectivity index (χ3n) is 3.39. The summed E-state index contributed by atoms with van der Waals surface area (Å²) in [6, 6.07) is 3.98. The first-order chi connectivity index (χ1) is 9.45. The minimum atomic E-state index is -3.18. The fourth-order valence-corrected chi connectivity index (χ4v) is 3.07. The molecule has 0 saturated carbocycles. The van der Waals surface area contributed by atoms with Crippen LogP contribution in [0, 0.1) is 0 Å². The number of nitrogens with zero attached hydrogens (tertiary/aromatic N) is 1. The van der Waals surface area contributed by atoms with Crippen LogP contribution in [0.5, 0.6) is 0 Å². The van der Waals surface area contributed by atoms with Gasteiger partial charge in [0.25, 0.3) is 5.92 Å². The summed E-state index contributed by atoms with van der Waals surface area (Å²) in [5.74, 6) is -3.18. The van der Waals surface area contributed by atoms with Gasteiger partial charge in [-0.15, -0.1) is 0 Å². The zero-order valence-electron chi connectivity index (χ0n) is 10.8. The highest BCUT2D eigenvalue weighted by Gasteiger charge is 2.44. The molecule has 1 aliphatic heterocycles. The molecule has 0 bridgehead atoms. The van der Waals surface area contributed by atoms with Crippen molar-refractivity contribution in [3.63, 3.8) is 0 Å². The van der Waals surface area contributed by atoms with Gasteiger partial charge < -0.3 is 10.4 Å². The topological polar surface area (TPSA) is 35.5 Å². The van der Waals surface area contributed by atoms with E-state index in [1.54, 1.807) is 23.1 Å². The predicted octanol–water partition coefficient (Wildman–Crippen LogP) is 2.79. The molecule has 1 aromatic carbocycles. The van der Waals surface area contributed by atoms with Crippen LogP contribution >= 0.6 is 31.9 Å². The molecule has 0 spiro atoms. The maximum Gasteiger partial charge on any atom is 0.289 e. The standard InChI is InChI=1S/C13H16Br2F2N2O/c14-10-2-1-9(7-11(10)15)12(13(16,17)8-20)19-5-3-18-4-6-19/h1-2,7,12,18,20H,3-6,8H2/t12-/m0/s1. The van der Waals surface area contributed by atoms with E-state index in [0.717, 1.165) is 8.95 Å². The van der Waals surface area contributed by atoms with Crippen LogP contribution in [0.4, 0.5) is 8.78 Å². The summed E-state index contributed by atoms with van der Waals surface area (Å²) in [5.41, 5.74) is 0.501. The van der Waals surface area contributed by atoms with Gasteiger partial charge in [0.1, 0.15) is 12.6 Å². The monoisotopic (exact) mass is 412 g/mol. The minimum absolute atomic E-state index is 0.501. The number of hydrogen-bond acceptors (Lipinski definition) is 3. The number of hydrogen-bond donors (Lipinski definition) is 2. The van der Waals surface area contributed by atoms with Crippen LogP contribution in [0.2, 0.25) is 0 Å². The van der Waals surface area contributed by atoms with Gasteiger partial charge in [-0.1, -0.05) is 6.07 Å². The quantitative estimate of drug-likeness (QED) is 0.796. The fourth-order valence-electron chi connectivity index (χ4n) is 2.43. The van der Waals surface area contributed by atoms with Crippen LogP contribution in [-0.4, -0.2) is 48.7 Å². The molecule has 0 aliphatic carbocycles. The molecule has 2 N–H and O–H groups in total. The van der Waals surface area contributed by atoms with Crippen LogP contribution in [0.15, 0.2) is 27.1 Å². The molecular weight excluding hydrogens is 398 g/mol. The molecule has 112 valence electrons. The van der Waals surface area contributed by atoms with Crippen LogP contribution in [0.1, 0.15) is 11.6 Å². The van der Waals surface area contributed by atoms with E-state index < -0.39 is 18.6 Å². The number of benzene rings is 1. The number of aliphatic hydroxyl groups excluding tert-OH is 1. The summed E-state index contributed by atoms with van der Waals surface area (Å²) < 4.78 is 29.9. The van der Waals surface area contributed by atoms with Crippen molar-refractivity contribution >= 4 is 31.9 Å². The molecule has 0 radical (unpaired) electrons. The number of nitrogens with one attached hydrogen (secondary N) is 1. The number of halogens is 4. The Hall–Kier alpha value is -0.0800. The summed E-state index contributed by atoms with van der Waals surface area (Å²) >= 11 is 6.68. The Morgan fingerprint density at radius 3 is 2.45 bits per heavy atom. The molecule has 2 rings (SSSR count). The first-order valence-corrected chi connectivity index (χ1v) is 7.92. The highest BCUT2D eigenvalue weighted by atomic mass is 79.9. The predicted molar refractivity (Wildman–Crippen MR) is 81.1 cm³/mol. The van der Waals surface area contributed by atoms with Gasteiger partial charge in [0, 0.05) is 35.1 Å². The average molecular weight is 414 g/mol. The SMILES string of the molecule is OCC(F)(F)[C@H](c1ccc(Br)c(Br)c1)N1CCNCC1. The smallest absolute Gasteiger partial charge is 0.289 e. The molecule has 1 atom stereocenters. The van der Waals surface area contributed by atoms with Gasteiger partial charge in [0.05, 0.1) is 0 Å². The minimum Gasteiger partial charge on any atom is -0.390 e. The molecule has 0 unspecified atom stereocenters. The van der Waals surface area contributed by atoms with E-state index >= 15 is 0 Å². The third-order valence-corrected chi connectivity index (χ3v) is 5.27. The van der Waals surface area contributed by atoms with E-state index in [9.17, 15) is 8.78 Å². The van der Waals surface area contributed by atoms with E-state index in [1.165, 1.54) is 0 Å². The summed E-state index contributed by atoms with van der Waals surface area (Å²) in [7, 11) is 0. The molecule has 1 aromatic rings. The zero-order chi connectivity index (χ0) is 14.8. The maximum atomic E-state index is 14.2. The normalized spacial score (nSPS) is 19.1. The molecule has 20 heavy (non-hydrogen) atoms. The van der Waals surface area contributed by atoms with Crippen molar-refractivity contribution in [1.82, 2.24) is 10.2 Å². The number of aliphatic hydroxyl groups is 1. The first kappa shape index (κ1) is 16.3. The zero-order valence-corrected chi connectivity index (χ0v) is 13.9. The Bertz CT molecular complexity index is 468. The van der Waals surface area contributed by atoms with Crippen molar-refractivity contribution in [2.45, 2.75) is 12.0 Å². The Labute approximate surface area is 133 Å². The number of alkyl halides is 2.